The summed E-state index contributed by atoms with van der Waals surface area (Å²) in [5.74, 6) is 3.20. The van der Waals surface area contributed by atoms with Gasteiger partial charge in [-0.1, -0.05) is 34.1 Å². The largest absolute Gasteiger partial charge is 0.778 e. The minimum Gasteiger partial charge on any atom is -0.778 e. The minimum atomic E-state index is -3.10. The van der Waals surface area contributed by atoms with Crippen molar-refractivity contribution in [1.29, 1.82) is 0 Å². The molecular weight excluding hydrogens is 324 g/mol. The van der Waals surface area contributed by atoms with Gasteiger partial charge in [-0.05, 0) is 14.1 Å². The molecular formula is C11H16NO2PS2V. The van der Waals surface area contributed by atoms with Crippen LogP contribution in [0, 0.1) is 0 Å². The first kappa shape index (κ1) is 20.3. The second-order valence-corrected chi connectivity index (χ2v) is 5.22. The molecule has 0 saturated carbocycles. The fraction of sp³-hybridized carbons (Fsp3) is 0.273. The van der Waals surface area contributed by atoms with Gasteiger partial charge in [0.2, 0.25) is 5.69 Å². The molecule has 3 nitrogen and oxygen atoms in total. The monoisotopic (exact) mass is 340 g/mol. The van der Waals surface area contributed by atoms with Gasteiger partial charge in [-0.3, -0.25) is 4.21 Å². The third kappa shape index (κ3) is 8.98. The summed E-state index contributed by atoms with van der Waals surface area (Å²) in [4.78, 5) is 0. The fourth-order valence-electron chi connectivity index (χ4n) is 1.33. The molecule has 1 rings (SSSR count). The molecule has 1 aromatic heterocycles. The van der Waals surface area contributed by atoms with E-state index in [2.05, 4.69) is 32.3 Å². The molecule has 1 unspecified atom stereocenters. The Morgan fingerprint density at radius 2 is 2.11 bits per heavy atom. The molecule has 0 fully saturated rings. The van der Waals surface area contributed by atoms with Crippen molar-refractivity contribution < 1.29 is 31.9 Å². The van der Waals surface area contributed by atoms with Crippen molar-refractivity contribution in [2.45, 2.75) is 13.0 Å². The first-order valence-corrected chi connectivity index (χ1v) is 8.35. The molecule has 0 N–H and O–H groups in total. The zero-order valence-corrected chi connectivity index (χ0v) is 14.0. The Labute approximate surface area is 128 Å². The van der Waals surface area contributed by atoms with Gasteiger partial charge >= 0.3 is 0 Å². The van der Waals surface area contributed by atoms with Crippen LogP contribution in [-0.4, -0.2) is 20.4 Å². The van der Waals surface area contributed by atoms with Crippen molar-refractivity contribution in [3.05, 3.63) is 36.7 Å². The van der Waals surface area contributed by atoms with Gasteiger partial charge in [0.25, 0.3) is 0 Å². The third-order valence-electron chi connectivity index (χ3n) is 2.04. The molecule has 0 amide bonds. The molecule has 0 bridgehead atoms. The van der Waals surface area contributed by atoms with E-state index in [-0.39, 0.29) is 24.3 Å². The van der Waals surface area contributed by atoms with Crippen molar-refractivity contribution in [3.8, 4) is 0 Å². The van der Waals surface area contributed by atoms with Gasteiger partial charge in [0.15, 0.2) is 6.20 Å². The maximum atomic E-state index is 10.8. The van der Waals surface area contributed by atoms with Gasteiger partial charge in [0.1, 0.15) is 6.54 Å². The van der Waals surface area contributed by atoms with Gasteiger partial charge in [0.05, 0.1) is 0 Å². The zero-order chi connectivity index (χ0) is 13.3. The van der Waals surface area contributed by atoms with Crippen molar-refractivity contribution in [1.82, 2.24) is 0 Å². The number of pyridine rings is 1. The normalized spacial score (nSPS) is 12.3. The third-order valence-corrected chi connectivity index (χ3v) is 2.95. The maximum Gasteiger partial charge on any atom is 0.204 e. The molecule has 0 aliphatic heterocycles. The van der Waals surface area contributed by atoms with Crippen LogP contribution in [0.4, 0.5) is 0 Å². The minimum absolute atomic E-state index is 0. The van der Waals surface area contributed by atoms with Crippen LogP contribution >= 0.6 is 8.02 Å². The van der Waals surface area contributed by atoms with E-state index in [9.17, 15) is 8.76 Å². The number of nitrogens with zero attached hydrogens (tertiary/aromatic N) is 1. The van der Waals surface area contributed by atoms with Crippen molar-refractivity contribution in [3.63, 3.8) is 0 Å². The summed E-state index contributed by atoms with van der Waals surface area (Å²) >= 11 is 3.89. The van der Waals surface area contributed by atoms with Crippen molar-refractivity contribution in [2.75, 3.05) is 5.75 Å². The summed E-state index contributed by atoms with van der Waals surface area (Å²) < 4.78 is 23.6. The Morgan fingerprint density at radius 1 is 1.50 bits per heavy atom. The Hall–Kier alpha value is -0.0256. The van der Waals surface area contributed by atoms with Gasteiger partial charge in [0, 0.05) is 48.9 Å². The SMILES string of the molecule is C=Cc1cccc[n+]1CCCS(=C)(=O)[O-].P=S.[V]. The van der Waals surface area contributed by atoms with Crippen LogP contribution in [0.2, 0.25) is 0 Å². The number of hydrogen-bond acceptors (Lipinski definition) is 3. The predicted molar refractivity (Wildman–Crippen MR) is 77.9 cm³/mol. The smallest absolute Gasteiger partial charge is 0.204 e. The summed E-state index contributed by atoms with van der Waals surface area (Å²) in [7, 11) is -0.547. The molecule has 7 heteroatoms. The number of aryl methyl sites for hydroxylation is 1. The Bertz CT molecular complexity index is 466. The molecule has 18 heavy (non-hydrogen) atoms. The van der Waals surface area contributed by atoms with E-state index >= 15 is 0 Å². The molecule has 0 spiro atoms. The molecule has 0 aromatic carbocycles. The first-order chi connectivity index (χ1) is 8.03. The van der Waals surface area contributed by atoms with Gasteiger partial charge in [-0.2, -0.15) is 4.57 Å². The molecule has 1 heterocycles. The van der Waals surface area contributed by atoms with Crippen LogP contribution in [0.1, 0.15) is 12.1 Å². The van der Waals surface area contributed by atoms with Crippen molar-refractivity contribution in [2.24, 2.45) is 0 Å². The standard InChI is InChI=1S/C11H15NO2S.HPS.V/c1-3-11-7-4-5-8-12(11)9-6-10-15(2,13)14;1-2;/h3-5,7-8H,1-2,6,9-10H2;1H;. The predicted octanol–water partition coefficient (Wildman–Crippen LogP) is 1.44. The molecule has 0 aliphatic carbocycles. The molecule has 99 valence electrons. The van der Waals surface area contributed by atoms with Crippen LogP contribution in [0.3, 0.4) is 0 Å². The van der Waals surface area contributed by atoms with E-state index in [0.717, 1.165) is 5.69 Å². The van der Waals surface area contributed by atoms with Crippen LogP contribution in [0.15, 0.2) is 31.0 Å². The summed E-state index contributed by atoms with van der Waals surface area (Å²) in [6, 6.07) is 5.77. The van der Waals surface area contributed by atoms with Crippen LogP contribution in [0.25, 0.3) is 6.08 Å². The second-order valence-electron chi connectivity index (χ2n) is 3.32. The van der Waals surface area contributed by atoms with E-state index in [1.54, 1.807) is 6.08 Å². The summed E-state index contributed by atoms with van der Waals surface area (Å²) in [5, 5.41) is 0. The van der Waals surface area contributed by atoms with E-state index < -0.39 is 9.80 Å². The Morgan fingerprint density at radius 3 is 2.61 bits per heavy atom. The number of hydrogen-bond donors (Lipinski definition) is 0. The molecule has 0 saturated heterocycles. The molecule has 1 radical (unpaired) electrons. The average Bonchev–Trinajstić information content (AvgIpc) is 2.31. The topological polar surface area (TPSA) is 44.0 Å². The molecule has 1 aromatic rings. The van der Waals surface area contributed by atoms with Gasteiger partial charge < -0.3 is 4.55 Å². The maximum absolute atomic E-state index is 10.8. The Balaban J connectivity index is 0. The van der Waals surface area contributed by atoms with E-state index in [4.69, 9.17) is 0 Å². The average molecular weight is 340 g/mol. The summed E-state index contributed by atoms with van der Waals surface area (Å²) in [5.41, 5.74) is 0.985. The number of rotatable bonds is 5. The zero-order valence-electron chi connectivity index (χ0n) is 9.95. The van der Waals surface area contributed by atoms with E-state index in [1.165, 1.54) is 0 Å². The Kier molecular flexibility index (Phi) is 12.2. The van der Waals surface area contributed by atoms with E-state index in [0.29, 0.717) is 13.0 Å². The van der Waals surface area contributed by atoms with Gasteiger partial charge in [-0.25, -0.2) is 0 Å². The van der Waals surface area contributed by atoms with Crippen LogP contribution in [-0.2, 0) is 46.7 Å². The quantitative estimate of drug-likeness (QED) is 0.463. The summed E-state index contributed by atoms with van der Waals surface area (Å²) in [6.45, 7) is 4.36. The fourth-order valence-corrected chi connectivity index (χ4v) is 1.90. The van der Waals surface area contributed by atoms with Crippen LogP contribution in [0.5, 0.6) is 0 Å². The van der Waals surface area contributed by atoms with Crippen LogP contribution < -0.4 is 4.57 Å². The first-order valence-electron chi connectivity index (χ1n) is 4.90. The molecule has 1 atom stereocenters. The second kappa shape index (κ2) is 10.9. The van der Waals surface area contributed by atoms with E-state index in [1.807, 2.05) is 29.0 Å². The van der Waals surface area contributed by atoms with Crippen molar-refractivity contribution >= 4 is 41.6 Å². The van der Waals surface area contributed by atoms with Gasteiger partial charge in [-0.15, -0.1) is 0 Å². The number of aromatic nitrogens is 1. The summed E-state index contributed by atoms with van der Waals surface area (Å²) in [6.07, 6.45) is 4.23. The molecule has 0 aliphatic rings.